The molecule has 1 heterocycles. The summed E-state index contributed by atoms with van der Waals surface area (Å²) < 4.78 is 5.54. The van der Waals surface area contributed by atoms with E-state index in [1.165, 1.54) is 0 Å². The number of ketones is 1. The van der Waals surface area contributed by atoms with E-state index in [0.717, 1.165) is 16.7 Å². The lowest BCUT2D eigenvalue weighted by Gasteiger charge is -2.25. The maximum Gasteiger partial charge on any atom is 0.295 e. The van der Waals surface area contributed by atoms with E-state index in [1.54, 1.807) is 29.2 Å². The van der Waals surface area contributed by atoms with Crippen LogP contribution in [0.25, 0.3) is 5.76 Å². The first kappa shape index (κ1) is 22.3. The first-order valence-electron chi connectivity index (χ1n) is 11.1. The second-order valence-electron chi connectivity index (χ2n) is 8.10. The standard InChI is InChI=1S/C28H27NO4/c1-3-33-23-11-7-10-22(18-23)26(30)24-25(21-14-12-19(2)13-15-21)29(28(32)27(24)31)17-16-20-8-5-4-6-9-20/h4-15,18,25,30H,3,16-17H2,1-2H3/b26-24+. The van der Waals surface area contributed by atoms with Crippen molar-refractivity contribution in [3.8, 4) is 5.75 Å². The molecule has 1 saturated heterocycles. The summed E-state index contributed by atoms with van der Waals surface area (Å²) in [4.78, 5) is 27.8. The Hall–Kier alpha value is -3.86. The van der Waals surface area contributed by atoms with Gasteiger partial charge in [0.05, 0.1) is 18.2 Å². The number of carbonyl (C=O) groups excluding carboxylic acids is 2. The van der Waals surface area contributed by atoms with E-state index >= 15 is 0 Å². The highest BCUT2D eigenvalue weighted by atomic mass is 16.5. The monoisotopic (exact) mass is 441 g/mol. The molecule has 1 aliphatic heterocycles. The molecular weight excluding hydrogens is 414 g/mol. The van der Waals surface area contributed by atoms with Crippen LogP contribution in [0.3, 0.4) is 0 Å². The molecular formula is C28H27NO4. The van der Waals surface area contributed by atoms with Crippen molar-refractivity contribution >= 4 is 17.4 Å². The summed E-state index contributed by atoms with van der Waals surface area (Å²) in [5, 5.41) is 11.2. The molecule has 5 nitrogen and oxygen atoms in total. The Kier molecular flexibility index (Phi) is 6.59. The Morgan fingerprint density at radius 2 is 1.70 bits per heavy atom. The van der Waals surface area contributed by atoms with E-state index in [9.17, 15) is 14.7 Å². The molecule has 1 aliphatic rings. The van der Waals surface area contributed by atoms with Gasteiger partial charge in [-0.05, 0) is 43.5 Å². The molecule has 3 aromatic rings. The number of hydrogen-bond acceptors (Lipinski definition) is 4. The van der Waals surface area contributed by atoms with Crippen molar-refractivity contribution in [3.05, 3.63) is 107 Å². The van der Waals surface area contributed by atoms with Crippen LogP contribution in [0.1, 0.15) is 35.2 Å². The largest absolute Gasteiger partial charge is 0.507 e. The van der Waals surface area contributed by atoms with Crippen molar-refractivity contribution in [2.75, 3.05) is 13.2 Å². The van der Waals surface area contributed by atoms with Crippen LogP contribution in [0.15, 0.2) is 84.4 Å². The smallest absolute Gasteiger partial charge is 0.295 e. The maximum atomic E-state index is 13.2. The molecule has 0 spiro atoms. The predicted octanol–water partition coefficient (Wildman–Crippen LogP) is 5.06. The zero-order valence-corrected chi connectivity index (χ0v) is 18.8. The predicted molar refractivity (Wildman–Crippen MR) is 128 cm³/mol. The van der Waals surface area contributed by atoms with Crippen molar-refractivity contribution in [3.63, 3.8) is 0 Å². The number of Topliss-reactive ketones (excluding diaryl/α,β-unsaturated/α-hetero) is 1. The van der Waals surface area contributed by atoms with Gasteiger partial charge in [-0.15, -0.1) is 0 Å². The van der Waals surface area contributed by atoms with Gasteiger partial charge < -0.3 is 14.7 Å². The van der Waals surface area contributed by atoms with Crippen LogP contribution in [0.2, 0.25) is 0 Å². The summed E-state index contributed by atoms with van der Waals surface area (Å²) >= 11 is 0. The summed E-state index contributed by atoms with van der Waals surface area (Å²) in [5.74, 6) is -0.874. The highest BCUT2D eigenvalue weighted by molar-refractivity contribution is 6.46. The van der Waals surface area contributed by atoms with Crippen molar-refractivity contribution < 1.29 is 19.4 Å². The number of aliphatic hydroxyl groups excluding tert-OH is 1. The minimum Gasteiger partial charge on any atom is -0.507 e. The van der Waals surface area contributed by atoms with Gasteiger partial charge >= 0.3 is 0 Å². The Labute approximate surface area is 193 Å². The lowest BCUT2D eigenvalue weighted by molar-refractivity contribution is -0.139. The van der Waals surface area contributed by atoms with Gasteiger partial charge in [0.25, 0.3) is 11.7 Å². The molecule has 0 bridgehead atoms. The molecule has 1 fully saturated rings. The number of carbonyl (C=O) groups is 2. The highest BCUT2D eigenvalue weighted by Crippen LogP contribution is 2.39. The molecule has 0 saturated carbocycles. The zero-order chi connectivity index (χ0) is 23.4. The fourth-order valence-corrected chi connectivity index (χ4v) is 4.16. The second-order valence-corrected chi connectivity index (χ2v) is 8.10. The number of aliphatic hydroxyl groups is 1. The Bertz CT molecular complexity index is 1180. The lowest BCUT2D eigenvalue weighted by Crippen LogP contribution is -2.31. The molecule has 1 atom stereocenters. The number of amides is 1. The molecule has 0 radical (unpaired) electrons. The van der Waals surface area contributed by atoms with Gasteiger partial charge in [-0.2, -0.15) is 0 Å². The quantitative estimate of drug-likeness (QED) is 0.316. The second kappa shape index (κ2) is 9.74. The normalized spacial score (nSPS) is 17.4. The van der Waals surface area contributed by atoms with E-state index in [1.807, 2.05) is 68.4 Å². The van der Waals surface area contributed by atoms with E-state index < -0.39 is 17.7 Å². The molecule has 33 heavy (non-hydrogen) atoms. The summed E-state index contributed by atoms with van der Waals surface area (Å²) in [6, 6.07) is 23.8. The Balaban J connectivity index is 1.78. The Morgan fingerprint density at radius 1 is 0.970 bits per heavy atom. The van der Waals surface area contributed by atoms with Crippen molar-refractivity contribution in [1.82, 2.24) is 4.90 Å². The number of ether oxygens (including phenoxy) is 1. The fraction of sp³-hybridized carbons (Fsp3) is 0.214. The van der Waals surface area contributed by atoms with Gasteiger partial charge in [-0.3, -0.25) is 9.59 Å². The average Bonchev–Trinajstić information content (AvgIpc) is 3.08. The molecule has 3 aromatic carbocycles. The topological polar surface area (TPSA) is 66.8 Å². The van der Waals surface area contributed by atoms with Gasteiger partial charge in [-0.25, -0.2) is 0 Å². The summed E-state index contributed by atoms with van der Waals surface area (Å²) in [7, 11) is 0. The van der Waals surface area contributed by atoms with E-state index in [2.05, 4.69) is 0 Å². The number of rotatable bonds is 7. The molecule has 1 unspecified atom stereocenters. The molecule has 1 amide bonds. The maximum absolute atomic E-state index is 13.2. The third kappa shape index (κ3) is 4.67. The highest BCUT2D eigenvalue weighted by Gasteiger charge is 2.45. The first-order chi connectivity index (χ1) is 16.0. The molecule has 5 heteroatoms. The summed E-state index contributed by atoms with van der Waals surface area (Å²) in [6.45, 7) is 4.71. The number of benzene rings is 3. The summed E-state index contributed by atoms with van der Waals surface area (Å²) in [5.41, 5.74) is 3.48. The van der Waals surface area contributed by atoms with Gasteiger partial charge in [0.15, 0.2) is 0 Å². The minimum atomic E-state index is -0.673. The molecule has 168 valence electrons. The van der Waals surface area contributed by atoms with Crippen LogP contribution in [-0.4, -0.2) is 34.8 Å². The van der Waals surface area contributed by atoms with Crippen LogP contribution in [0.4, 0.5) is 0 Å². The van der Waals surface area contributed by atoms with E-state index in [4.69, 9.17) is 4.74 Å². The van der Waals surface area contributed by atoms with Crippen molar-refractivity contribution in [1.29, 1.82) is 0 Å². The lowest BCUT2D eigenvalue weighted by atomic mass is 9.94. The van der Waals surface area contributed by atoms with Crippen LogP contribution in [0, 0.1) is 6.92 Å². The van der Waals surface area contributed by atoms with Crippen molar-refractivity contribution in [2.45, 2.75) is 26.3 Å². The van der Waals surface area contributed by atoms with Crippen LogP contribution in [0.5, 0.6) is 5.75 Å². The van der Waals surface area contributed by atoms with Gasteiger partial charge in [-0.1, -0.05) is 72.3 Å². The number of nitrogens with zero attached hydrogens (tertiary/aromatic N) is 1. The number of likely N-dealkylation sites (tertiary alicyclic amines) is 1. The minimum absolute atomic E-state index is 0.102. The average molecular weight is 442 g/mol. The molecule has 4 rings (SSSR count). The zero-order valence-electron chi connectivity index (χ0n) is 18.8. The van der Waals surface area contributed by atoms with Crippen LogP contribution in [-0.2, 0) is 16.0 Å². The molecule has 0 aliphatic carbocycles. The van der Waals surface area contributed by atoms with Gasteiger partial charge in [0.2, 0.25) is 0 Å². The van der Waals surface area contributed by atoms with Gasteiger partial charge in [0.1, 0.15) is 11.5 Å². The fourth-order valence-electron chi connectivity index (χ4n) is 4.16. The third-order valence-electron chi connectivity index (χ3n) is 5.84. The van der Waals surface area contributed by atoms with E-state index in [0.29, 0.717) is 30.9 Å². The third-order valence-corrected chi connectivity index (χ3v) is 5.84. The van der Waals surface area contributed by atoms with Crippen molar-refractivity contribution in [2.24, 2.45) is 0 Å². The first-order valence-corrected chi connectivity index (χ1v) is 11.1. The summed E-state index contributed by atoms with van der Waals surface area (Å²) in [6.07, 6.45) is 0.607. The molecule has 0 aromatic heterocycles. The SMILES string of the molecule is CCOc1cccc(/C(O)=C2\C(=O)C(=O)N(CCc3ccccc3)C2c2ccc(C)cc2)c1. The van der Waals surface area contributed by atoms with Gasteiger partial charge in [0, 0.05) is 12.1 Å². The van der Waals surface area contributed by atoms with E-state index in [-0.39, 0.29) is 11.3 Å². The van der Waals surface area contributed by atoms with Crippen LogP contribution < -0.4 is 4.74 Å². The number of aryl methyl sites for hydroxylation is 1. The molecule has 1 N–H and O–H groups in total. The Morgan fingerprint density at radius 3 is 2.39 bits per heavy atom. The van der Waals surface area contributed by atoms with Crippen LogP contribution >= 0.6 is 0 Å². The number of hydrogen-bond donors (Lipinski definition) is 1.